The Morgan fingerprint density at radius 3 is 2.55 bits per heavy atom. The molecule has 1 aromatic rings. The molecule has 2 bridgehead atoms. The Morgan fingerprint density at radius 2 is 1.75 bits per heavy atom. The molecule has 3 nitrogen and oxygen atoms in total. The number of nitrogens with zero attached hydrogens (tertiary/aromatic N) is 1. The monoisotopic (exact) mass is 287 g/mol. The molecule has 1 aliphatic heterocycles. The lowest BCUT2D eigenvalue weighted by Crippen LogP contribution is -2.23. The third kappa shape index (κ3) is 1.23. The van der Waals surface area contributed by atoms with Crippen molar-refractivity contribution in [3.8, 4) is 0 Å². The summed E-state index contributed by atoms with van der Waals surface area (Å²) in [6.07, 6.45) is 7.05. The molecule has 3 fully saturated rings. The second-order valence-corrected chi connectivity index (χ2v) is 8.44. The molecule has 0 spiro atoms. The normalized spacial score (nSPS) is 47.3. The van der Waals surface area contributed by atoms with Crippen molar-refractivity contribution in [1.82, 2.24) is 4.31 Å². The maximum absolute atomic E-state index is 12.8. The maximum Gasteiger partial charge on any atom is 0.243 e. The van der Waals surface area contributed by atoms with Gasteiger partial charge in [0.05, 0.1) is 4.90 Å². The number of hydrogen-bond acceptors (Lipinski definition) is 2. The number of piperidine rings is 1. The number of benzene rings is 1. The predicted octanol–water partition coefficient (Wildman–Crippen LogP) is 2.27. The molecule has 7 atom stereocenters. The highest BCUT2D eigenvalue weighted by molar-refractivity contribution is 7.89. The fourth-order valence-electron chi connectivity index (χ4n) is 5.18. The minimum Gasteiger partial charge on any atom is -0.207 e. The van der Waals surface area contributed by atoms with Crippen LogP contribution in [-0.2, 0) is 10.0 Å². The van der Waals surface area contributed by atoms with Crippen LogP contribution in [-0.4, -0.2) is 24.8 Å². The zero-order valence-corrected chi connectivity index (χ0v) is 11.9. The number of fused-ring (bicyclic) bond motifs is 8. The molecule has 1 heterocycles. The van der Waals surface area contributed by atoms with Gasteiger partial charge in [-0.3, -0.25) is 0 Å². The summed E-state index contributed by atoms with van der Waals surface area (Å²) in [5.41, 5.74) is 0. The first-order valence-electron chi connectivity index (χ1n) is 7.45. The van der Waals surface area contributed by atoms with Crippen LogP contribution in [0, 0.1) is 23.7 Å². The van der Waals surface area contributed by atoms with Gasteiger partial charge in [-0.25, -0.2) is 8.42 Å². The van der Waals surface area contributed by atoms with Gasteiger partial charge in [-0.05, 0) is 48.6 Å². The molecule has 0 radical (unpaired) electrons. The van der Waals surface area contributed by atoms with Crippen LogP contribution in [0.3, 0.4) is 0 Å². The minimum atomic E-state index is -3.27. The van der Waals surface area contributed by atoms with Crippen LogP contribution in [0.5, 0.6) is 0 Å². The number of hydrogen-bond donors (Lipinski definition) is 0. The molecule has 2 saturated carbocycles. The van der Waals surface area contributed by atoms with Crippen LogP contribution in [0.15, 0.2) is 47.4 Å². The van der Waals surface area contributed by atoms with E-state index >= 15 is 0 Å². The molecule has 0 N–H and O–H groups in total. The Morgan fingerprint density at radius 1 is 1.00 bits per heavy atom. The summed E-state index contributed by atoms with van der Waals surface area (Å²) in [4.78, 5) is 0.453. The van der Waals surface area contributed by atoms with Crippen molar-refractivity contribution >= 4 is 10.0 Å². The second kappa shape index (κ2) is 3.55. The fourth-order valence-corrected chi connectivity index (χ4v) is 7.08. The van der Waals surface area contributed by atoms with Gasteiger partial charge in [0.1, 0.15) is 0 Å². The maximum atomic E-state index is 12.8. The molecule has 7 unspecified atom stereocenters. The highest BCUT2D eigenvalue weighted by Crippen LogP contribution is 2.66. The Labute approximate surface area is 119 Å². The van der Waals surface area contributed by atoms with Crippen molar-refractivity contribution < 1.29 is 8.42 Å². The van der Waals surface area contributed by atoms with Gasteiger partial charge in [-0.15, -0.1) is 0 Å². The SMILES string of the molecule is O=S(=O)(c1ccccc1)N1C2C3CC(C4CC=CC43)C21. The van der Waals surface area contributed by atoms with Gasteiger partial charge in [-0.1, -0.05) is 30.4 Å². The van der Waals surface area contributed by atoms with E-state index in [0.29, 0.717) is 28.7 Å². The summed E-state index contributed by atoms with van der Waals surface area (Å²) >= 11 is 0. The molecule has 4 aliphatic rings. The van der Waals surface area contributed by atoms with Crippen LogP contribution in [0.25, 0.3) is 0 Å². The minimum absolute atomic E-state index is 0.286. The number of sulfonamides is 1. The Kier molecular flexibility index (Phi) is 2.04. The van der Waals surface area contributed by atoms with Crippen LogP contribution < -0.4 is 0 Å². The first-order chi connectivity index (χ1) is 9.69. The van der Waals surface area contributed by atoms with Crippen molar-refractivity contribution in [2.24, 2.45) is 23.7 Å². The average Bonchev–Trinajstić information content (AvgIpc) is 2.79. The summed E-state index contributed by atoms with van der Waals surface area (Å²) in [6.45, 7) is 0. The highest BCUT2D eigenvalue weighted by Gasteiger charge is 2.73. The Balaban J connectivity index is 1.51. The molecule has 0 aromatic heterocycles. The molecule has 20 heavy (non-hydrogen) atoms. The third-order valence-electron chi connectivity index (χ3n) is 5.89. The lowest BCUT2D eigenvalue weighted by atomic mass is 9.82. The molecule has 3 aliphatic carbocycles. The molecular weight excluding hydrogens is 270 g/mol. The largest absolute Gasteiger partial charge is 0.243 e. The van der Waals surface area contributed by atoms with E-state index in [9.17, 15) is 8.42 Å². The first kappa shape index (κ1) is 11.5. The van der Waals surface area contributed by atoms with E-state index in [1.165, 1.54) is 6.42 Å². The van der Waals surface area contributed by atoms with Crippen LogP contribution in [0.4, 0.5) is 0 Å². The van der Waals surface area contributed by atoms with E-state index < -0.39 is 10.0 Å². The van der Waals surface area contributed by atoms with Gasteiger partial charge >= 0.3 is 0 Å². The smallest absolute Gasteiger partial charge is 0.207 e. The molecule has 0 amide bonds. The van der Waals surface area contributed by atoms with Crippen molar-refractivity contribution in [1.29, 1.82) is 0 Å². The number of allylic oxidation sites excluding steroid dienone is 2. The Hall–Kier alpha value is -1.13. The molecular formula is C16H17NO2S. The average molecular weight is 287 g/mol. The van der Waals surface area contributed by atoms with Crippen molar-refractivity contribution in [3.63, 3.8) is 0 Å². The Bertz CT molecular complexity index is 696. The number of rotatable bonds is 2. The zero-order valence-electron chi connectivity index (χ0n) is 11.1. The lowest BCUT2D eigenvalue weighted by Gasteiger charge is -2.21. The second-order valence-electron chi connectivity index (χ2n) is 6.60. The van der Waals surface area contributed by atoms with Gasteiger partial charge < -0.3 is 0 Å². The summed E-state index contributed by atoms with van der Waals surface area (Å²) in [5, 5.41) is 0. The van der Waals surface area contributed by atoms with E-state index in [0.717, 1.165) is 12.3 Å². The van der Waals surface area contributed by atoms with Crippen LogP contribution >= 0.6 is 0 Å². The molecule has 1 saturated heterocycles. The van der Waals surface area contributed by atoms with E-state index in [2.05, 4.69) is 12.2 Å². The first-order valence-corrected chi connectivity index (χ1v) is 8.89. The van der Waals surface area contributed by atoms with Gasteiger partial charge in [0.2, 0.25) is 10.0 Å². The van der Waals surface area contributed by atoms with Gasteiger partial charge in [-0.2, -0.15) is 4.31 Å². The molecule has 1 aromatic carbocycles. The summed E-state index contributed by atoms with van der Waals surface area (Å²) in [5.74, 6) is 2.55. The van der Waals surface area contributed by atoms with E-state index in [1.807, 2.05) is 10.4 Å². The van der Waals surface area contributed by atoms with Crippen molar-refractivity contribution in [2.75, 3.05) is 0 Å². The van der Waals surface area contributed by atoms with Crippen LogP contribution in [0.2, 0.25) is 0 Å². The van der Waals surface area contributed by atoms with E-state index in [4.69, 9.17) is 0 Å². The van der Waals surface area contributed by atoms with E-state index in [-0.39, 0.29) is 6.04 Å². The summed E-state index contributed by atoms with van der Waals surface area (Å²) < 4.78 is 27.3. The lowest BCUT2D eigenvalue weighted by molar-refractivity contribution is 0.319. The zero-order chi connectivity index (χ0) is 13.5. The standard InChI is InChI=1S/C16H17NO2S/c18-20(19,10-5-2-1-3-6-10)17-15-13-9-14(16(15)17)12-8-4-7-11(12)13/h1-7,11-16H,8-9H2. The highest BCUT2D eigenvalue weighted by atomic mass is 32.2. The topological polar surface area (TPSA) is 37.1 Å². The van der Waals surface area contributed by atoms with E-state index in [1.54, 1.807) is 24.3 Å². The van der Waals surface area contributed by atoms with Gasteiger partial charge in [0, 0.05) is 12.1 Å². The fraction of sp³-hybridized carbons (Fsp3) is 0.500. The van der Waals surface area contributed by atoms with Crippen molar-refractivity contribution in [3.05, 3.63) is 42.5 Å². The molecule has 104 valence electrons. The summed E-state index contributed by atoms with van der Waals surface area (Å²) in [6, 6.07) is 9.48. The molecule has 4 heteroatoms. The third-order valence-corrected chi connectivity index (χ3v) is 7.80. The van der Waals surface area contributed by atoms with Crippen molar-refractivity contribution in [2.45, 2.75) is 29.8 Å². The quantitative estimate of drug-likeness (QED) is 0.618. The predicted molar refractivity (Wildman–Crippen MR) is 75.4 cm³/mol. The van der Waals surface area contributed by atoms with Gasteiger partial charge in [0.25, 0.3) is 0 Å². The molecule has 5 rings (SSSR count). The summed E-state index contributed by atoms with van der Waals surface area (Å²) in [7, 11) is -3.27. The van der Waals surface area contributed by atoms with Crippen LogP contribution in [0.1, 0.15) is 12.8 Å². The van der Waals surface area contributed by atoms with Gasteiger partial charge in [0.15, 0.2) is 0 Å².